The third-order valence-electron chi connectivity index (χ3n) is 5.01. The number of nitrogens with zero attached hydrogens (tertiary/aromatic N) is 5. The third kappa shape index (κ3) is 3.77. The van der Waals surface area contributed by atoms with Crippen molar-refractivity contribution in [1.29, 1.82) is 0 Å². The summed E-state index contributed by atoms with van der Waals surface area (Å²) >= 11 is 0. The molecular weight excluding hydrogens is 382 g/mol. The summed E-state index contributed by atoms with van der Waals surface area (Å²) in [5.41, 5.74) is 2.81. The fraction of sp³-hybridized carbons (Fsp3) is 0.227. The van der Waals surface area contributed by atoms with E-state index < -0.39 is 4.92 Å². The Balaban J connectivity index is 1.85. The van der Waals surface area contributed by atoms with Crippen LogP contribution in [0.2, 0.25) is 0 Å². The smallest absolute Gasteiger partial charge is 0.270 e. The zero-order chi connectivity index (χ0) is 21.3. The molecule has 0 saturated carbocycles. The summed E-state index contributed by atoms with van der Waals surface area (Å²) in [7, 11) is 3.91. The van der Waals surface area contributed by atoms with Gasteiger partial charge in [0, 0.05) is 36.3 Å². The molecule has 0 bridgehead atoms. The maximum Gasteiger partial charge on any atom is 0.270 e. The van der Waals surface area contributed by atoms with Crippen molar-refractivity contribution >= 4 is 11.6 Å². The molecule has 0 radical (unpaired) electrons. The van der Waals surface area contributed by atoms with Crippen molar-refractivity contribution < 1.29 is 9.72 Å². The molecular formula is C22H21N5O3. The van der Waals surface area contributed by atoms with Crippen molar-refractivity contribution in [1.82, 2.24) is 19.8 Å². The number of hydrogen-bond donors (Lipinski definition) is 0. The number of likely N-dealkylation sites (N-methyl/N-ethyl adjacent to an activating group) is 1. The molecule has 0 fully saturated rings. The van der Waals surface area contributed by atoms with Crippen molar-refractivity contribution in [3.63, 3.8) is 0 Å². The Kier molecular flexibility index (Phi) is 5.24. The Morgan fingerprint density at radius 2 is 1.80 bits per heavy atom. The summed E-state index contributed by atoms with van der Waals surface area (Å²) < 4.78 is 0. The minimum absolute atomic E-state index is 0.0453. The van der Waals surface area contributed by atoms with Gasteiger partial charge in [0.05, 0.1) is 28.4 Å². The van der Waals surface area contributed by atoms with E-state index in [1.165, 1.54) is 12.1 Å². The maximum atomic E-state index is 13.2. The van der Waals surface area contributed by atoms with Crippen molar-refractivity contribution in [2.75, 3.05) is 27.2 Å². The van der Waals surface area contributed by atoms with Gasteiger partial charge in [-0.15, -0.1) is 0 Å². The Labute approximate surface area is 174 Å². The van der Waals surface area contributed by atoms with Crippen LogP contribution < -0.4 is 0 Å². The van der Waals surface area contributed by atoms with Gasteiger partial charge in [0.15, 0.2) is 5.82 Å². The second kappa shape index (κ2) is 8.00. The first-order valence-corrected chi connectivity index (χ1v) is 9.59. The standard InChI is InChI=1S/C22H21N5O3/c1-25(2)11-12-26-14-18-19(22(26)28)20(16-9-6-10-17(13-16)27(29)30)24-21(23-18)15-7-4-3-5-8-15/h3-10,13H,11-12,14H2,1-2H3. The third-order valence-corrected chi connectivity index (χ3v) is 5.01. The number of carbonyl (C=O) groups is 1. The van der Waals surface area contributed by atoms with Gasteiger partial charge in [-0.25, -0.2) is 9.97 Å². The molecule has 0 N–H and O–H groups in total. The summed E-state index contributed by atoms with van der Waals surface area (Å²) in [4.78, 5) is 37.1. The summed E-state index contributed by atoms with van der Waals surface area (Å²) in [5, 5.41) is 11.3. The molecule has 0 saturated heterocycles. The van der Waals surface area contributed by atoms with E-state index in [1.54, 1.807) is 17.0 Å². The van der Waals surface area contributed by atoms with Crippen LogP contribution in [0.25, 0.3) is 22.6 Å². The van der Waals surface area contributed by atoms with Crippen LogP contribution in [0.15, 0.2) is 54.6 Å². The molecule has 2 heterocycles. The van der Waals surface area contributed by atoms with Crippen molar-refractivity contribution in [3.8, 4) is 22.6 Å². The molecule has 0 unspecified atom stereocenters. The SMILES string of the molecule is CN(C)CCN1Cc2nc(-c3ccccc3)nc(-c3cccc([N+](=O)[O-])c3)c2C1=O. The molecule has 30 heavy (non-hydrogen) atoms. The van der Waals surface area contributed by atoms with Gasteiger partial charge in [-0.3, -0.25) is 14.9 Å². The predicted molar refractivity (Wildman–Crippen MR) is 113 cm³/mol. The Morgan fingerprint density at radius 3 is 2.50 bits per heavy atom. The minimum Gasteiger partial charge on any atom is -0.331 e. The Morgan fingerprint density at radius 1 is 1.07 bits per heavy atom. The number of rotatable bonds is 6. The zero-order valence-corrected chi connectivity index (χ0v) is 16.8. The van der Waals surface area contributed by atoms with Gasteiger partial charge in [0.2, 0.25) is 0 Å². The van der Waals surface area contributed by atoms with Crippen molar-refractivity contribution in [3.05, 3.63) is 76.0 Å². The number of benzene rings is 2. The van der Waals surface area contributed by atoms with Gasteiger partial charge < -0.3 is 9.80 Å². The molecule has 1 amide bonds. The van der Waals surface area contributed by atoms with Gasteiger partial charge in [-0.1, -0.05) is 42.5 Å². The van der Waals surface area contributed by atoms with Gasteiger partial charge in [0.25, 0.3) is 11.6 Å². The highest BCUT2D eigenvalue weighted by atomic mass is 16.6. The van der Waals surface area contributed by atoms with Crippen LogP contribution in [0.3, 0.4) is 0 Å². The molecule has 152 valence electrons. The number of fused-ring (bicyclic) bond motifs is 1. The van der Waals surface area contributed by atoms with E-state index in [0.29, 0.717) is 41.4 Å². The molecule has 1 aliphatic rings. The van der Waals surface area contributed by atoms with Crippen molar-refractivity contribution in [2.24, 2.45) is 0 Å². The maximum absolute atomic E-state index is 13.2. The molecule has 4 rings (SSSR count). The topological polar surface area (TPSA) is 92.5 Å². The number of aromatic nitrogens is 2. The zero-order valence-electron chi connectivity index (χ0n) is 16.8. The Bertz CT molecular complexity index is 1120. The first kappa shape index (κ1) is 19.7. The molecule has 0 aliphatic carbocycles. The summed E-state index contributed by atoms with van der Waals surface area (Å²) in [6, 6.07) is 15.7. The molecule has 3 aromatic rings. The van der Waals surface area contributed by atoms with Crippen molar-refractivity contribution in [2.45, 2.75) is 6.54 Å². The highest BCUT2D eigenvalue weighted by Crippen LogP contribution is 2.33. The average molecular weight is 403 g/mol. The highest BCUT2D eigenvalue weighted by molar-refractivity contribution is 6.03. The number of carbonyl (C=O) groups excluding carboxylic acids is 1. The van der Waals surface area contributed by atoms with Gasteiger partial charge >= 0.3 is 0 Å². The van der Waals surface area contributed by atoms with Crippen LogP contribution in [-0.2, 0) is 6.54 Å². The number of non-ortho nitro benzene ring substituents is 1. The first-order valence-electron chi connectivity index (χ1n) is 9.59. The molecule has 1 aliphatic heterocycles. The fourth-order valence-electron chi connectivity index (χ4n) is 3.45. The van der Waals surface area contributed by atoms with Crippen LogP contribution in [0.5, 0.6) is 0 Å². The van der Waals surface area contributed by atoms with Crippen LogP contribution in [-0.4, -0.2) is 57.8 Å². The summed E-state index contributed by atoms with van der Waals surface area (Å²) in [6.45, 7) is 1.69. The molecule has 0 atom stereocenters. The van der Waals surface area contributed by atoms with E-state index in [2.05, 4.69) is 9.97 Å². The van der Waals surface area contributed by atoms with Gasteiger partial charge in [0.1, 0.15) is 0 Å². The first-order chi connectivity index (χ1) is 14.4. The van der Waals surface area contributed by atoms with E-state index in [9.17, 15) is 14.9 Å². The lowest BCUT2D eigenvalue weighted by Crippen LogP contribution is -2.32. The average Bonchev–Trinajstić information content (AvgIpc) is 3.08. The Hall–Kier alpha value is -3.65. The number of nitro groups is 1. The van der Waals surface area contributed by atoms with Crippen LogP contribution in [0, 0.1) is 10.1 Å². The van der Waals surface area contributed by atoms with E-state index >= 15 is 0 Å². The second-order valence-electron chi connectivity index (χ2n) is 7.42. The van der Waals surface area contributed by atoms with E-state index in [1.807, 2.05) is 49.3 Å². The van der Waals surface area contributed by atoms with Gasteiger partial charge in [-0.05, 0) is 14.1 Å². The van der Waals surface area contributed by atoms with Crippen LogP contribution in [0.4, 0.5) is 5.69 Å². The monoisotopic (exact) mass is 403 g/mol. The lowest BCUT2D eigenvalue weighted by molar-refractivity contribution is -0.384. The predicted octanol–water partition coefficient (Wildman–Crippen LogP) is 3.24. The molecule has 1 aromatic heterocycles. The quantitative estimate of drug-likeness (QED) is 0.463. The fourth-order valence-corrected chi connectivity index (χ4v) is 3.45. The normalized spacial score (nSPS) is 13.0. The van der Waals surface area contributed by atoms with Crippen LogP contribution in [0.1, 0.15) is 16.1 Å². The van der Waals surface area contributed by atoms with E-state index in [0.717, 1.165) is 12.1 Å². The second-order valence-corrected chi connectivity index (χ2v) is 7.42. The number of hydrogen-bond acceptors (Lipinski definition) is 6. The summed E-state index contributed by atoms with van der Waals surface area (Å²) in [5.74, 6) is 0.353. The number of nitro benzene ring substituents is 1. The largest absolute Gasteiger partial charge is 0.331 e. The molecule has 0 spiro atoms. The molecule has 2 aromatic carbocycles. The van der Waals surface area contributed by atoms with Crippen LogP contribution >= 0.6 is 0 Å². The summed E-state index contributed by atoms with van der Waals surface area (Å²) in [6.07, 6.45) is 0. The number of amides is 1. The van der Waals surface area contributed by atoms with Gasteiger partial charge in [-0.2, -0.15) is 0 Å². The highest BCUT2D eigenvalue weighted by Gasteiger charge is 2.33. The molecule has 8 nitrogen and oxygen atoms in total. The van der Waals surface area contributed by atoms with E-state index in [4.69, 9.17) is 0 Å². The lowest BCUT2D eigenvalue weighted by atomic mass is 10.0. The molecule has 8 heteroatoms. The lowest BCUT2D eigenvalue weighted by Gasteiger charge is -2.18. The minimum atomic E-state index is -0.450. The van der Waals surface area contributed by atoms with E-state index in [-0.39, 0.29) is 11.6 Å².